The maximum absolute atomic E-state index is 12.6. The highest BCUT2D eigenvalue weighted by Crippen LogP contribution is 2.35. The SMILES string of the molecule is COc1ccc(C(F)(F)F)cc1C(O)C(N)CCO. The fourth-order valence-corrected chi connectivity index (χ4v) is 1.68. The highest BCUT2D eigenvalue weighted by molar-refractivity contribution is 5.40. The van der Waals surface area contributed by atoms with E-state index in [2.05, 4.69) is 0 Å². The number of methoxy groups -OCH3 is 1. The van der Waals surface area contributed by atoms with Crippen molar-refractivity contribution in [1.82, 2.24) is 0 Å². The highest BCUT2D eigenvalue weighted by Gasteiger charge is 2.32. The number of alkyl halides is 3. The topological polar surface area (TPSA) is 75.7 Å². The average molecular weight is 279 g/mol. The van der Waals surface area contributed by atoms with Crippen LogP contribution in [0, 0.1) is 0 Å². The summed E-state index contributed by atoms with van der Waals surface area (Å²) in [5.74, 6) is 0.119. The van der Waals surface area contributed by atoms with Crippen molar-refractivity contribution in [3.05, 3.63) is 29.3 Å². The van der Waals surface area contributed by atoms with Crippen molar-refractivity contribution >= 4 is 0 Å². The van der Waals surface area contributed by atoms with Crippen molar-refractivity contribution in [1.29, 1.82) is 0 Å². The molecule has 0 saturated carbocycles. The lowest BCUT2D eigenvalue weighted by atomic mass is 9.97. The first kappa shape index (κ1) is 15.7. The number of ether oxygens (including phenoxy) is 1. The first-order chi connectivity index (χ1) is 8.81. The first-order valence-electron chi connectivity index (χ1n) is 5.61. The van der Waals surface area contributed by atoms with Crippen LogP contribution >= 0.6 is 0 Å². The minimum absolute atomic E-state index is 0.0433. The van der Waals surface area contributed by atoms with E-state index < -0.39 is 23.9 Å². The molecule has 0 spiro atoms. The monoisotopic (exact) mass is 279 g/mol. The molecule has 0 aliphatic heterocycles. The van der Waals surface area contributed by atoms with Gasteiger partial charge in [0.2, 0.25) is 0 Å². The van der Waals surface area contributed by atoms with E-state index in [1.807, 2.05) is 0 Å². The molecule has 4 nitrogen and oxygen atoms in total. The molecule has 2 atom stereocenters. The summed E-state index contributed by atoms with van der Waals surface area (Å²) in [7, 11) is 1.29. The summed E-state index contributed by atoms with van der Waals surface area (Å²) in [6, 6.07) is 1.93. The second-order valence-electron chi connectivity index (χ2n) is 4.08. The largest absolute Gasteiger partial charge is 0.496 e. The highest BCUT2D eigenvalue weighted by atomic mass is 19.4. The van der Waals surface area contributed by atoms with Gasteiger partial charge in [0.1, 0.15) is 5.75 Å². The van der Waals surface area contributed by atoms with Crippen LogP contribution in [0.5, 0.6) is 5.75 Å². The van der Waals surface area contributed by atoms with E-state index in [-0.39, 0.29) is 24.3 Å². The molecule has 0 amide bonds. The average Bonchev–Trinajstić information content (AvgIpc) is 2.36. The Hall–Kier alpha value is -1.31. The van der Waals surface area contributed by atoms with Gasteiger partial charge in [-0.15, -0.1) is 0 Å². The second-order valence-corrected chi connectivity index (χ2v) is 4.08. The van der Waals surface area contributed by atoms with Gasteiger partial charge in [0, 0.05) is 18.2 Å². The minimum Gasteiger partial charge on any atom is -0.496 e. The number of hydrogen-bond acceptors (Lipinski definition) is 4. The van der Waals surface area contributed by atoms with Crippen LogP contribution in [0.1, 0.15) is 23.7 Å². The van der Waals surface area contributed by atoms with Gasteiger partial charge in [-0.2, -0.15) is 13.2 Å². The molecule has 1 rings (SSSR count). The minimum atomic E-state index is -4.51. The zero-order chi connectivity index (χ0) is 14.6. The number of nitrogens with two attached hydrogens (primary N) is 1. The number of benzene rings is 1. The quantitative estimate of drug-likeness (QED) is 0.762. The molecule has 2 unspecified atom stereocenters. The summed E-state index contributed by atoms with van der Waals surface area (Å²) in [4.78, 5) is 0. The van der Waals surface area contributed by atoms with Crippen LogP contribution in [0.15, 0.2) is 18.2 Å². The van der Waals surface area contributed by atoms with Crippen LogP contribution in [-0.4, -0.2) is 30.0 Å². The fourth-order valence-electron chi connectivity index (χ4n) is 1.68. The molecular weight excluding hydrogens is 263 g/mol. The number of rotatable bonds is 5. The molecule has 7 heteroatoms. The summed E-state index contributed by atoms with van der Waals surface area (Å²) in [5, 5.41) is 18.7. The molecule has 0 heterocycles. The van der Waals surface area contributed by atoms with Crippen molar-refractivity contribution < 1.29 is 28.1 Å². The predicted molar refractivity (Wildman–Crippen MR) is 62.6 cm³/mol. The van der Waals surface area contributed by atoms with E-state index in [0.717, 1.165) is 18.2 Å². The molecule has 19 heavy (non-hydrogen) atoms. The Bertz CT molecular complexity index is 423. The molecule has 4 N–H and O–H groups in total. The van der Waals surface area contributed by atoms with Gasteiger partial charge in [0.15, 0.2) is 0 Å². The molecule has 0 aromatic heterocycles. The third-order valence-electron chi connectivity index (χ3n) is 2.74. The van der Waals surface area contributed by atoms with Crippen molar-refractivity contribution in [2.24, 2.45) is 5.73 Å². The molecule has 0 saturated heterocycles. The van der Waals surface area contributed by atoms with Crippen molar-refractivity contribution in [2.45, 2.75) is 24.7 Å². The number of hydrogen-bond donors (Lipinski definition) is 3. The third kappa shape index (κ3) is 3.82. The third-order valence-corrected chi connectivity index (χ3v) is 2.74. The van der Waals surface area contributed by atoms with E-state index in [1.54, 1.807) is 0 Å². The van der Waals surface area contributed by atoms with Crippen LogP contribution in [0.2, 0.25) is 0 Å². The summed E-state index contributed by atoms with van der Waals surface area (Å²) < 4.78 is 42.8. The number of aliphatic hydroxyl groups is 2. The van der Waals surface area contributed by atoms with E-state index >= 15 is 0 Å². The molecule has 0 radical (unpaired) electrons. The number of halogens is 3. The van der Waals surface area contributed by atoms with Crippen LogP contribution in [0.25, 0.3) is 0 Å². The standard InChI is InChI=1S/C12H16F3NO3/c1-19-10-3-2-7(12(13,14)15)6-8(10)11(18)9(16)4-5-17/h2-3,6,9,11,17-18H,4-5,16H2,1H3. The first-order valence-corrected chi connectivity index (χ1v) is 5.61. The van der Waals surface area contributed by atoms with Gasteiger partial charge in [0.25, 0.3) is 0 Å². The lowest BCUT2D eigenvalue weighted by Gasteiger charge is -2.21. The van der Waals surface area contributed by atoms with Crippen LogP contribution < -0.4 is 10.5 Å². The Labute approximate surface area is 108 Å². The van der Waals surface area contributed by atoms with Gasteiger partial charge in [-0.25, -0.2) is 0 Å². The van der Waals surface area contributed by atoms with Crippen molar-refractivity contribution in [3.8, 4) is 5.75 Å². The Morgan fingerprint density at radius 3 is 2.47 bits per heavy atom. The van der Waals surface area contributed by atoms with Gasteiger partial charge in [-0.05, 0) is 24.6 Å². The maximum atomic E-state index is 12.6. The van der Waals surface area contributed by atoms with E-state index in [9.17, 15) is 18.3 Å². The zero-order valence-corrected chi connectivity index (χ0v) is 10.3. The molecule has 0 bridgehead atoms. The molecule has 1 aromatic rings. The normalized spacial score (nSPS) is 15.1. The lowest BCUT2D eigenvalue weighted by Crippen LogP contribution is -2.29. The van der Waals surface area contributed by atoms with Crippen LogP contribution in [-0.2, 0) is 6.18 Å². The lowest BCUT2D eigenvalue weighted by molar-refractivity contribution is -0.137. The molecule has 0 fully saturated rings. The van der Waals surface area contributed by atoms with E-state index in [1.165, 1.54) is 7.11 Å². The summed E-state index contributed by atoms with van der Waals surface area (Å²) in [6.07, 6.45) is -5.79. The van der Waals surface area contributed by atoms with Gasteiger partial charge >= 0.3 is 6.18 Å². The van der Waals surface area contributed by atoms with Gasteiger partial charge < -0.3 is 20.7 Å². The molecule has 1 aromatic carbocycles. The summed E-state index contributed by atoms with van der Waals surface area (Å²) in [5.41, 5.74) is 4.66. The number of aliphatic hydroxyl groups excluding tert-OH is 2. The zero-order valence-electron chi connectivity index (χ0n) is 10.3. The predicted octanol–water partition coefficient (Wildman–Crippen LogP) is 1.46. The molecule has 0 aliphatic carbocycles. The molecule has 0 aliphatic rings. The molecule has 108 valence electrons. The maximum Gasteiger partial charge on any atom is 0.416 e. The van der Waals surface area contributed by atoms with Crippen molar-refractivity contribution in [3.63, 3.8) is 0 Å². The second kappa shape index (κ2) is 6.23. The summed E-state index contributed by atoms with van der Waals surface area (Å²) in [6.45, 7) is -0.264. The smallest absolute Gasteiger partial charge is 0.416 e. The Balaban J connectivity index is 3.15. The Morgan fingerprint density at radius 1 is 1.37 bits per heavy atom. The van der Waals surface area contributed by atoms with Gasteiger partial charge in [0.05, 0.1) is 18.8 Å². The van der Waals surface area contributed by atoms with E-state index in [4.69, 9.17) is 15.6 Å². The van der Waals surface area contributed by atoms with Gasteiger partial charge in [-0.1, -0.05) is 0 Å². The fraction of sp³-hybridized carbons (Fsp3) is 0.500. The Kier molecular flexibility index (Phi) is 5.16. The Morgan fingerprint density at radius 2 is 2.00 bits per heavy atom. The molecular formula is C12H16F3NO3. The van der Waals surface area contributed by atoms with E-state index in [0.29, 0.717) is 0 Å². The van der Waals surface area contributed by atoms with Crippen LogP contribution in [0.3, 0.4) is 0 Å². The summed E-state index contributed by atoms with van der Waals surface area (Å²) >= 11 is 0. The van der Waals surface area contributed by atoms with Gasteiger partial charge in [-0.3, -0.25) is 0 Å². The van der Waals surface area contributed by atoms with Crippen molar-refractivity contribution in [2.75, 3.05) is 13.7 Å². The van der Waals surface area contributed by atoms with Crippen LogP contribution in [0.4, 0.5) is 13.2 Å².